The standard InChI is InChI=1S/C23H17F5O4S/c1-13-6-8-14(9-7-13)20(32-33(29)30)22(18-11-10-15(24)12-19(18)25)21(31-22)16-4-2-3-5-17(16)23(26,27)28/h2-12,20-21H,1H3,(H,29,30). The summed E-state index contributed by atoms with van der Waals surface area (Å²) in [7, 11) is 0. The van der Waals surface area contributed by atoms with Gasteiger partial charge in [-0.05, 0) is 30.2 Å². The lowest BCUT2D eigenvalue weighted by atomic mass is 9.82. The molecule has 1 saturated heterocycles. The minimum atomic E-state index is -4.74. The highest BCUT2D eigenvalue weighted by Crippen LogP contribution is 2.66. The highest BCUT2D eigenvalue weighted by atomic mass is 32.2. The van der Waals surface area contributed by atoms with Gasteiger partial charge in [-0.1, -0.05) is 54.1 Å². The van der Waals surface area contributed by atoms with Crippen LogP contribution < -0.4 is 0 Å². The molecule has 33 heavy (non-hydrogen) atoms. The molecule has 1 aliphatic rings. The number of hydrogen-bond acceptors (Lipinski definition) is 3. The van der Waals surface area contributed by atoms with E-state index in [9.17, 15) is 30.7 Å². The van der Waals surface area contributed by atoms with Crippen molar-refractivity contribution in [2.24, 2.45) is 0 Å². The van der Waals surface area contributed by atoms with Crippen molar-refractivity contribution in [1.29, 1.82) is 0 Å². The van der Waals surface area contributed by atoms with Gasteiger partial charge in [0.15, 0.2) is 5.60 Å². The first-order valence-corrected chi connectivity index (χ1v) is 10.7. The maximum Gasteiger partial charge on any atom is 0.416 e. The van der Waals surface area contributed by atoms with Crippen molar-refractivity contribution < 1.29 is 39.6 Å². The van der Waals surface area contributed by atoms with Gasteiger partial charge in [0.2, 0.25) is 0 Å². The van der Waals surface area contributed by atoms with Gasteiger partial charge in [-0.2, -0.15) is 17.4 Å². The van der Waals surface area contributed by atoms with Gasteiger partial charge in [-0.15, -0.1) is 0 Å². The molecule has 0 amide bonds. The van der Waals surface area contributed by atoms with E-state index in [1.54, 1.807) is 19.1 Å². The monoisotopic (exact) mass is 484 g/mol. The number of benzene rings is 3. The van der Waals surface area contributed by atoms with Crippen molar-refractivity contribution in [2.75, 3.05) is 0 Å². The van der Waals surface area contributed by atoms with Gasteiger partial charge < -0.3 is 4.74 Å². The van der Waals surface area contributed by atoms with Gasteiger partial charge in [0.05, 0.1) is 5.56 Å². The van der Waals surface area contributed by atoms with Crippen LogP contribution in [0.1, 0.15) is 40.0 Å². The molecule has 1 aliphatic heterocycles. The molecule has 0 spiro atoms. The average Bonchev–Trinajstić information content (AvgIpc) is 3.48. The molecule has 0 bridgehead atoms. The molecule has 0 aromatic heterocycles. The largest absolute Gasteiger partial charge is 0.416 e. The fourth-order valence-corrected chi connectivity index (χ4v) is 4.41. The Kier molecular flexibility index (Phi) is 6.12. The number of epoxide rings is 1. The maximum atomic E-state index is 15.0. The Morgan fingerprint density at radius 1 is 1.06 bits per heavy atom. The van der Waals surface area contributed by atoms with Crippen molar-refractivity contribution in [3.63, 3.8) is 0 Å². The number of ether oxygens (including phenoxy) is 1. The van der Waals surface area contributed by atoms with E-state index in [1.807, 2.05) is 0 Å². The SMILES string of the molecule is Cc1ccc(C(OS(=O)O)C2(c3ccc(F)cc3F)OC2c2ccccc2C(F)(F)F)cc1. The number of rotatable bonds is 6. The van der Waals surface area contributed by atoms with Crippen molar-refractivity contribution in [3.8, 4) is 0 Å². The zero-order chi connectivity index (χ0) is 24.0. The predicted molar refractivity (Wildman–Crippen MR) is 109 cm³/mol. The maximum absolute atomic E-state index is 15.0. The Hall–Kier alpha value is -2.66. The molecule has 4 rings (SSSR count). The van der Waals surface area contributed by atoms with E-state index in [4.69, 9.17) is 8.92 Å². The molecule has 3 aromatic carbocycles. The Bertz CT molecular complexity index is 1200. The van der Waals surface area contributed by atoms with Crippen LogP contribution in [0.15, 0.2) is 66.7 Å². The molecule has 4 atom stereocenters. The number of halogens is 5. The molecule has 0 aliphatic carbocycles. The summed E-state index contributed by atoms with van der Waals surface area (Å²) in [6.45, 7) is 1.79. The van der Waals surface area contributed by atoms with Crippen LogP contribution in [0.25, 0.3) is 0 Å². The summed E-state index contributed by atoms with van der Waals surface area (Å²) in [6.07, 6.45) is -7.63. The first-order chi connectivity index (χ1) is 15.5. The summed E-state index contributed by atoms with van der Waals surface area (Å²) in [4.78, 5) is 0. The van der Waals surface area contributed by atoms with Crippen LogP contribution in [0.4, 0.5) is 22.0 Å². The first-order valence-electron chi connectivity index (χ1n) is 9.68. The zero-order valence-corrected chi connectivity index (χ0v) is 17.8. The van der Waals surface area contributed by atoms with Crippen LogP contribution in [0.5, 0.6) is 0 Å². The highest BCUT2D eigenvalue weighted by Gasteiger charge is 2.67. The van der Waals surface area contributed by atoms with Crippen molar-refractivity contribution >= 4 is 11.4 Å². The molecule has 4 unspecified atom stereocenters. The Morgan fingerprint density at radius 2 is 1.73 bits per heavy atom. The van der Waals surface area contributed by atoms with E-state index in [0.717, 1.165) is 23.8 Å². The summed E-state index contributed by atoms with van der Waals surface area (Å²) in [5, 5.41) is 0. The number of hydrogen-bond donors (Lipinski definition) is 1. The number of aryl methyl sites for hydroxylation is 1. The van der Waals surface area contributed by atoms with Crippen LogP contribution in [0, 0.1) is 18.6 Å². The lowest BCUT2D eigenvalue weighted by molar-refractivity contribution is -0.138. The fourth-order valence-electron chi connectivity index (χ4n) is 3.99. The third-order valence-corrected chi connectivity index (χ3v) is 5.85. The van der Waals surface area contributed by atoms with Crippen molar-refractivity contribution in [2.45, 2.75) is 30.9 Å². The zero-order valence-electron chi connectivity index (χ0n) is 17.0. The van der Waals surface area contributed by atoms with E-state index in [0.29, 0.717) is 6.07 Å². The molecule has 1 heterocycles. The molecular weight excluding hydrogens is 467 g/mol. The third-order valence-electron chi connectivity index (χ3n) is 5.49. The molecule has 4 nitrogen and oxygen atoms in total. The summed E-state index contributed by atoms with van der Waals surface area (Å²) < 4.78 is 102. The number of alkyl halides is 3. The van der Waals surface area contributed by atoms with Crippen LogP contribution in [-0.2, 0) is 32.1 Å². The van der Waals surface area contributed by atoms with E-state index in [1.165, 1.54) is 30.3 Å². The molecule has 1 fully saturated rings. The lowest BCUT2D eigenvalue weighted by Gasteiger charge is -2.25. The normalized spacial score (nSPS) is 22.1. The third kappa shape index (κ3) is 4.43. The topological polar surface area (TPSA) is 59.1 Å². The van der Waals surface area contributed by atoms with Crippen molar-refractivity contribution in [3.05, 3.63) is 106 Å². The van der Waals surface area contributed by atoms with Gasteiger partial charge in [-0.25, -0.2) is 8.78 Å². The van der Waals surface area contributed by atoms with E-state index in [2.05, 4.69) is 0 Å². The first kappa shape index (κ1) is 23.5. The molecule has 0 saturated carbocycles. The quantitative estimate of drug-likeness (QED) is 0.259. The molecule has 10 heteroatoms. The van der Waals surface area contributed by atoms with E-state index in [-0.39, 0.29) is 16.7 Å². The molecule has 3 aromatic rings. The second-order valence-electron chi connectivity index (χ2n) is 7.60. The van der Waals surface area contributed by atoms with E-state index >= 15 is 0 Å². The van der Waals surface area contributed by atoms with Gasteiger partial charge in [0.25, 0.3) is 0 Å². The van der Waals surface area contributed by atoms with Crippen molar-refractivity contribution in [1.82, 2.24) is 0 Å². The predicted octanol–water partition coefficient (Wildman–Crippen LogP) is 6.15. The summed E-state index contributed by atoms with van der Waals surface area (Å²) in [6, 6.07) is 13.5. The van der Waals surface area contributed by atoms with Crippen LogP contribution in [0.3, 0.4) is 0 Å². The van der Waals surface area contributed by atoms with Gasteiger partial charge in [-0.3, -0.25) is 8.74 Å². The molecule has 1 N–H and O–H groups in total. The summed E-state index contributed by atoms with van der Waals surface area (Å²) in [5.41, 5.74) is -2.49. The molecular formula is C23H17F5O4S. The van der Waals surface area contributed by atoms with Crippen LogP contribution in [-0.4, -0.2) is 8.76 Å². The van der Waals surface area contributed by atoms with Crippen LogP contribution >= 0.6 is 0 Å². The Morgan fingerprint density at radius 3 is 2.33 bits per heavy atom. The second kappa shape index (κ2) is 8.60. The average molecular weight is 484 g/mol. The van der Waals surface area contributed by atoms with Crippen LogP contribution in [0.2, 0.25) is 0 Å². The van der Waals surface area contributed by atoms with E-state index < -0.39 is 52.5 Å². The Balaban J connectivity index is 1.94. The minimum Gasteiger partial charge on any atom is -0.352 e. The smallest absolute Gasteiger partial charge is 0.352 e. The second-order valence-corrected chi connectivity index (χ2v) is 8.23. The summed E-state index contributed by atoms with van der Waals surface area (Å²) >= 11 is -2.89. The minimum absolute atomic E-state index is 0.263. The van der Waals surface area contributed by atoms with Gasteiger partial charge >= 0.3 is 17.5 Å². The Labute approximate surface area is 188 Å². The van der Waals surface area contributed by atoms with Gasteiger partial charge in [0.1, 0.15) is 23.8 Å². The lowest BCUT2D eigenvalue weighted by Crippen LogP contribution is -2.26. The highest BCUT2D eigenvalue weighted by molar-refractivity contribution is 7.74. The molecule has 0 radical (unpaired) electrons. The fraction of sp³-hybridized carbons (Fsp3) is 0.217. The summed E-state index contributed by atoms with van der Waals surface area (Å²) in [5.74, 6) is -2.00. The molecule has 174 valence electrons. The van der Waals surface area contributed by atoms with Gasteiger partial charge in [0, 0.05) is 11.6 Å².